The number of benzene rings is 1. The summed E-state index contributed by atoms with van der Waals surface area (Å²) in [5.74, 6) is 0.464. The Morgan fingerprint density at radius 1 is 1.30 bits per heavy atom. The lowest BCUT2D eigenvalue weighted by Gasteiger charge is -2.17. The number of anilines is 1. The van der Waals surface area contributed by atoms with Gasteiger partial charge < -0.3 is 11.5 Å². The minimum absolute atomic E-state index is 0.392. The monoisotopic (exact) mass is 347 g/mol. The van der Waals surface area contributed by atoms with E-state index in [4.69, 9.17) is 11.5 Å². The molecule has 1 aliphatic rings. The molecular formula is C16H17N3O2S2. The molecule has 5 N–H and O–H groups in total. The molecule has 3 rings (SSSR count). The van der Waals surface area contributed by atoms with Crippen LogP contribution in [0.3, 0.4) is 0 Å². The van der Waals surface area contributed by atoms with E-state index in [0.717, 1.165) is 34.6 Å². The summed E-state index contributed by atoms with van der Waals surface area (Å²) < 4.78 is 0. The largest absolute Gasteiger partial charge is 0.365 e. The molecule has 3 amide bonds. The van der Waals surface area contributed by atoms with Crippen molar-refractivity contribution in [3.63, 3.8) is 0 Å². The second kappa shape index (κ2) is 6.25. The van der Waals surface area contributed by atoms with Crippen LogP contribution in [-0.4, -0.2) is 17.7 Å². The highest BCUT2D eigenvalue weighted by molar-refractivity contribution is 7.99. The van der Waals surface area contributed by atoms with E-state index in [9.17, 15) is 9.59 Å². The maximum atomic E-state index is 11.9. The number of hydrogen-bond acceptors (Lipinski definition) is 4. The number of urea groups is 1. The Morgan fingerprint density at radius 2 is 2.09 bits per heavy atom. The summed E-state index contributed by atoms with van der Waals surface area (Å²) in [4.78, 5) is 25.2. The van der Waals surface area contributed by atoms with E-state index in [1.807, 2.05) is 0 Å². The highest BCUT2D eigenvalue weighted by Gasteiger charge is 2.27. The molecule has 23 heavy (non-hydrogen) atoms. The van der Waals surface area contributed by atoms with Gasteiger partial charge in [-0.25, -0.2) is 4.79 Å². The molecule has 1 aliphatic carbocycles. The summed E-state index contributed by atoms with van der Waals surface area (Å²) in [6.07, 6.45) is 1.59. The van der Waals surface area contributed by atoms with Crippen LogP contribution < -0.4 is 16.8 Å². The zero-order valence-electron chi connectivity index (χ0n) is 12.6. The van der Waals surface area contributed by atoms with E-state index in [1.165, 1.54) is 21.8 Å². The molecule has 0 saturated heterocycles. The third-order valence-electron chi connectivity index (χ3n) is 3.77. The smallest absolute Gasteiger partial charge is 0.317 e. The number of thioether (sulfide) groups is 1. The number of primary amides is 2. The van der Waals surface area contributed by atoms with E-state index < -0.39 is 11.9 Å². The summed E-state index contributed by atoms with van der Waals surface area (Å²) in [6, 6.07) is 5.72. The molecule has 0 radical (unpaired) electrons. The molecule has 0 saturated carbocycles. The number of nitrogens with one attached hydrogen (secondary N) is 1. The van der Waals surface area contributed by atoms with Crippen molar-refractivity contribution in [1.82, 2.24) is 0 Å². The van der Waals surface area contributed by atoms with Gasteiger partial charge in [-0.2, -0.15) is 0 Å². The maximum Gasteiger partial charge on any atom is 0.317 e. The molecule has 0 unspecified atom stereocenters. The quantitative estimate of drug-likeness (QED) is 0.741. The number of carbonyl (C=O) groups is 2. The molecule has 1 heterocycles. The first-order valence-corrected chi connectivity index (χ1v) is 9.09. The summed E-state index contributed by atoms with van der Waals surface area (Å²) >= 11 is 3.14. The lowest BCUT2D eigenvalue weighted by Crippen LogP contribution is -2.22. The Bertz CT molecular complexity index is 799. The molecule has 120 valence electrons. The minimum atomic E-state index is -0.693. The van der Waals surface area contributed by atoms with Crippen molar-refractivity contribution in [1.29, 1.82) is 0 Å². The molecule has 5 nitrogen and oxygen atoms in total. The lowest BCUT2D eigenvalue weighted by molar-refractivity contribution is 0.100. The Labute approximate surface area is 142 Å². The number of thiophene rings is 1. The molecule has 1 aromatic carbocycles. The van der Waals surface area contributed by atoms with Crippen LogP contribution in [0.5, 0.6) is 0 Å². The van der Waals surface area contributed by atoms with Crippen molar-refractivity contribution in [2.24, 2.45) is 11.5 Å². The summed E-state index contributed by atoms with van der Waals surface area (Å²) in [5.41, 5.74) is 14.4. The molecule has 0 aliphatic heterocycles. The van der Waals surface area contributed by atoms with Crippen molar-refractivity contribution >= 4 is 40.0 Å². The highest BCUT2D eigenvalue weighted by atomic mass is 32.2. The van der Waals surface area contributed by atoms with Gasteiger partial charge >= 0.3 is 6.03 Å². The average molecular weight is 347 g/mol. The average Bonchev–Trinajstić information content (AvgIpc) is 2.85. The van der Waals surface area contributed by atoms with E-state index >= 15 is 0 Å². The van der Waals surface area contributed by atoms with Crippen LogP contribution in [0, 0.1) is 0 Å². The van der Waals surface area contributed by atoms with Gasteiger partial charge in [-0.1, -0.05) is 13.0 Å². The fourth-order valence-electron chi connectivity index (χ4n) is 2.88. The van der Waals surface area contributed by atoms with Gasteiger partial charge in [0.1, 0.15) is 5.00 Å². The third-order valence-corrected chi connectivity index (χ3v) is 5.83. The second-order valence-corrected chi connectivity index (χ2v) is 7.58. The fourth-order valence-corrected chi connectivity index (χ4v) is 4.89. The van der Waals surface area contributed by atoms with Crippen LogP contribution in [0.4, 0.5) is 9.80 Å². The Balaban J connectivity index is 2.16. The Kier molecular flexibility index (Phi) is 4.32. The van der Waals surface area contributed by atoms with Crippen LogP contribution in [0.15, 0.2) is 23.1 Å². The zero-order valence-corrected chi connectivity index (χ0v) is 14.3. The van der Waals surface area contributed by atoms with Gasteiger partial charge in [0.25, 0.3) is 5.91 Å². The van der Waals surface area contributed by atoms with E-state index in [2.05, 4.69) is 30.4 Å². The van der Waals surface area contributed by atoms with Gasteiger partial charge in [-0.15, -0.1) is 23.1 Å². The number of hydrogen-bond donors (Lipinski definition) is 3. The van der Waals surface area contributed by atoms with Crippen LogP contribution in [0.1, 0.15) is 28.4 Å². The van der Waals surface area contributed by atoms with Gasteiger partial charge in [-0.05, 0) is 47.4 Å². The molecule has 0 bridgehead atoms. The van der Waals surface area contributed by atoms with Crippen LogP contribution in [0.2, 0.25) is 0 Å². The summed E-state index contributed by atoms with van der Waals surface area (Å²) in [6.45, 7) is 2.11. The van der Waals surface area contributed by atoms with Crippen molar-refractivity contribution in [3.8, 4) is 10.4 Å². The molecule has 7 heteroatoms. The SMILES string of the molecule is CCSc1ccc2c(c1)-c1sc(NC(N)=O)c(C(N)=O)c1CC2. The van der Waals surface area contributed by atoms with Gasteiger partial charge in [-0.3, -0.25) is 10.1 Å². The third kappa shape index (κ3) is 2.94. The molecule has 0 spiro atoms. The number of fused-ring (bicyclic) bond motifs is 3. The van der Waals surface area contributed by atoms with Gasteiger partial charge in [0, 0.05) is 9.77 Å². The van der Waals surface area contributed by atoms with Gasteiger partial charge in [0.2, 0.25) is 0 Å². The Hall–Kier alpha value is -1.99. The number of rotatable bonds is 4. The first kappa shape index (κ1) is 15.9. The maximum absolute atomic E-state index is 11.9. The lowest BCUT2D eigenvalue weighted by atomic mass is 9.89. The van der Waals surface area contributed by atoms with Gasteiger partial charge in [0.05, 0.1) is 5.56 Å². The van der Waals surface area contributed by atoms with E-state index in [-0.39, 0.29) is 0 Å². The standard InChI is InChI=1S/C16H17N3O2S2/c1-2-22-9-5-3-8-4-6-10-12(14(17)20)15(19-16(18)21)23-13(10)11(8)7-9/h3,5,7H,2,4,6H2,1H3,(H2,17,20)(H3,18,19,21). The summed E-state index contributed by atoms with van der Waals surface area (Å²) in [7, 11) is 0. The molecule has 0 atom stereocenters. The molecule has 2 aromatic rings. The summed E-state index contributed by atoms with van der Waals surface area (Å²) in [5, 5.41) is 2.97. The van der Waals surface area contributed by atoms with Crippen molar-refractivity contribution in [3.05, 3.63) is 34.9 Å². The molecule has 0 fully saturated rings. The normalized spacial score (nSPS) is 12.4. The highest BCUT2D eigenvalue weighted by Crippen LogP contribution is 2.45. The molecule has 1 aromatic heterocycles. The number of aryl methyl sites for hydroxylation is 1. The van der Waals surface area contributed by atoms with Crippen molar-refractivity contribution in [2.45, 2.75) is 24.7 Å². The Morgan fingerprint density at radius 3 is 2.74 bits per heavy atom. The molecular weight excluding hydrogens is 330 g/mol. The van der Waals surface area contributed by atoms with E-state index in [0.29, 0.717) is 10.6 Å². The number of amides is 3. The number of nitrogens with two attached hydrogens (primary N) is 2. The second-order valence-electron chi connectivity index (χ2n) is 5.22. The predicted molar refractivity (Wildman–Crippen MR) is 95.3 cm³/mol. The van der Waals surface area contributed by atoms with Gasteiger partial charge in [0.15, 0.2) is 0 Å². The topological polar surface area (TPSA) is 98.2 Å². The minimum Gasteiger partial charge on any atom is -0.365 e. The van der Waals surface area contributed by atoms with Crippen LogP contribution >= 0.6 is 23.1 Å². The number of carbonyl (C=O) groups excluding carboxylic acids is 2. The zero-order chi connectivity index (χ0) is 16.6. The first-order chi connectivity index (χ1) is 11.0. The van der Waals surface area contributed by atoms with Crippen molar-refractivity contribution in [2.75, 3.05) is 11.1 Å². The first-order valence-electron chi connectivity index (χ1n) is 7.29. The van der Waals surface area contributed by atoms with Crippen molar-refractivity contribution < 1.29 is 9.59 Å². The van der Waals surface area contributed by atoms with Crippen LogP contribution in [0.25, 0.3) is 10.4 Å². The fraction of sp³-hybridized carbons (Fsp3) is 0.250. The van der Waals surface area contributed by atoms with E-state index in [1.54, 1.807) is 11.8 Å². The van der Waals surface area contributed by atoms with Crippen LogP contribution in [-0.2, 0) is 12.8 Å². The predicted octanol–water partition coefficient (Wildman–Crippen LogP) is 3.22.